The van der Waals surface area contributed by atoms with E-state index in [0.717, 1.165) is 0 Å². The molecule has 0 fully saturated rings. The molecule has 166 valence electrons. The molecule has 1 atom stereocenters. The summed E-state index contributed by atoms with van der Waals surface area (Å²) in [5, 5.41) is 15.8. The topological polar surface area (TPSA) is 162 Å². The van der Waals surface area contributed by atoms with Crippen molar-refractivity contribution in [2.45, 2.75) is 6.17 Å². The molecule has 0 aliphatic carbocycles. The highest BCUT2D eigenvalue weighted by Crippen LogP contribution is 2.35. The number of aromatic amines is 1. The molecule has 4 rings (SSSR count). The number of benzene rings is 2. The third kappa shape index (κ3) is 4.94. The average Bonchev–Trinajstić information content (AvgIpc) is 3.13. The molecule has 13 heteroatoms. The second-order valence-electron chi connectivity index (χ2n) is 6.77. The Labute approximate surface area is 186 Å². The maximum atomic E-state index is 13.2. The van der Waals surface area contributed by atoms with Crippen LogP contribution >= 0.6 is 11.6 Å². The van der Waals surface area contributed by atoms with E-state index in [1.54, 1.807) is 24.3 Å². The standard InChI is InChI=1S/C19H17ClFN7O3S/c20-13-4-2-1-3-12(13)16-15-17(24-14(22)9-32(23,29)30)25-19(26-18(15)28-27-16)31-11-7-5-10(21)6-8-11/h1-8,14H,9,22H2,(H2,23,29,30)(H2,24,25,26,27,28). The molecule has 2 aromatic carbocycles. The zero-order chi connectivity index (χ0) is 22.9. The van der Waals surface area contributed by atoms with Gasteiger partial charge < -0.3 is 15.8 Å². The summed E-state index contributed by atoms with van der Waals surface area (Å²) in [6.45, 7) is 0. The largest absolute Gasteiger partial charge is 0.424 e. The highest BCUT2D eigenvalue weighted by molar-refractivity contribution is 7.89. The molecule has 1 unspecified atom stereocenters. The highest BCUT2D eigenvalue weighted by Gasteiger charge is 2.21. The molecular weight excluding hydrogens is 461 g/mol. The Morgan fingerprint density at radius 3 is 2.56 bits per heavy atom. The Hall–Kier alpha value is -3.32. The van der Waals surface area contributed by atoms with Gasteiger partial charge in [0.05, 0.1) is 22.3 Å². The van der Waals surface area contributed by atoms with Crippen LogP contribution < -0.4 is 20.9 Å². The summed E-state index contributed by atoms with van der Waals surface area (Å²) in [4.78, 5) is 8.62. The minimum Gasteiger partial charge on any atom is -0.424 e. The lowest BCUT2D eigenvalue weighted by Gasteiger charge is -2.15. The van der Waals surface area contributed by atoms with Gasteiger partial charge in [-0.3, -0.25) is 5.10 Å². The first kappa shape index (κ1) is 21.9. The highest BCUT2D eigenvalue weighted by atomic mass is 35.5. The van der Waals surface area contributed by atoms with Crippen molar-refractivity contribution in [2.75, 3.05) is 11.1 Å². The van der Waals surface area contributed by atoms with Crippen molar-refractivity contribution >= 4 is 38.5 Å². The first-order valence-corrected chi connectivity index (χ1v) is 11.3. The zero-order valence-corrected chi connectivity index (χ0v) is 17.9. The van der Waals surface area contributed by atoms with Crippen molar-refractivity contribution in [2.24, 2.45) is 10.9 Å². The van der Waals surface area contributed by atoms with Gasteiger partial charge in [0.1, 0.15) is 23.1 Å². The third-order valence-corrected chi connectivity index (χ3v) is 5.44. The lowest BCUT2D eigenvalue weighted by atomic mass is 10.1. The van der Waals surface area contributed by atoms with Crippen LogP contribution in [0.15, 0.2) is 48.5 Å². The monoisotopic (exact) mass is 477 g/mol. The summed E-state index contributed by atoms with van der Waals surface area (Å²) in [6.07, 6.45) is -1.09. The predicted octanol–water partition coefficient (Wildman–Crippen LogP) is 2.59. The van der Waals surface area contributed by atoms with Crippen molar-refractivity contribution in [3.63, 3.8) is 0 Å². The van der Waals surface area contributed by atoms with Gasteiger partial charge in [-0.2, -0.15) is 15.1 Å². The maximum Gasteiger partial charge on any atom is 0.326 e. The second-order valence-corrected chi connectivity index (χ2v) is 8.83. The fourth-order valence-corrected chi connectivity index (χ4v) is 3.79. The van der Waals surface area contributed by atoms with Crippen LogP contribution in [0.4, 0.5) is 10.2 Å². The SMILES string of the molecule is NC(CS(N)(=O)=O)Nc1nc(Oc2ccc(F)cc2)nc2[nH]nc(-c3ccccc3Cl)c12. The Kier molecular flexibility index (Phi) is 5.93. The molecule has 0 spiro atoms. The second kappa shape index (κ2) is 8.67. The molecule has 0 aliphatic rings. The number of halogens is 2. The van der Waals surface area contributed by atoms with E-state index < -0.39 is 27.8 Å². The summed E-state index contributed by atoms with van der Waals surface area (Å²) in [7, 11) is -3.86. The molecule has 0 bridgehead atoms. The van der Waals surface area contributed by atoms with Crippen LogP contribution in [-0.4, -0.2) is 40.5 Å². The molecule has 10 nitrogen and oxygen atoms in total. The minimum absolute atomic E-state index is 0.108. The normalized spacial score (nSPS) is 12.6. The number of rotatable bonds is 7. The van der Waals surface area contributed by atoms with E-state index in [0.29, 0.717) is 21.7 Å². The van der Waals surface area contributed by atoms with Crippen molar-refractivity contribution in [3.8, 4) is 23.0 Å². The molecule has 0 aliphatic heterocycles. The predicted molar refractivity (Wildman–Crippen MR) is 118 cm³/mol. The van der Waals surface area contributed by atoms with Crippen molar-refractivity contribution in [3.05, 3.63) is 59.4 Å². The van der Waals surface area contributed by atoms with E-state index in [1.807, 2.05) is 0 Å². The van der Waals surface area contributed by atoms with E-state index in [-0.39, 0.29) is 23.2 Å². The molecule has 6 N–H and O–H groups in total. The minimum atomic E-state index is -3.86. The Bertz CT molecular complexity index is 1380. The van der Waals surface area contributed by atoms with Gasteiger partial charge in [-0.15, -0.1) is 0 Å². The van der Waals surface area contributed by atoms with Gasteiger partial charge in [0.25, 0.3) is 0 Å². The number of primary sulfonamides is 1. The maximum absolute atomic E-state index is 13.2. The lowest BCUT2D eigenvalue weighted by molar-refractivity contribution is 0.443. The Balaban J connectivity index is 1.81. The summed E-state index contributed by atoms with van der Waals surface area (Å²) in [5.74, 6) is -0.544. The Morgan fingerprint density at radius 2 is 1.88 bits per heavy atom. The molecular formula is C19H17ClFN7O3S. The number of sulfonamides is 1. The first-order chi connectivity index (χ1) is 15.2. The van der Waals surface area contributed by atoms with Crippen LogP contribution in [0, 0.1) is 5.82 Å². The number of nitrogens with two attached hydrogens (primary N) is 2. The Morgan fingerprint density at radius 1 is 1.16 bits per heavy atom. The quantitative estimate of drug-likeness (QED) is 0.295. The van der Waals surface area contributed by atoms with E-state index in [2.05, 4.69) is 25.5 Å². The fourth-order valence-electron chi connectivity index (χ4n) is 2.98. The smallest absolute Gasteiger partial charge is 0.326 e. The van der Waals surface area contributed by atoms with E-state index >= 15 is 0 Å². The van der Waals surface area contributed by atoms with Crippen LogP contribution in [-0.2, 0) is 10.0 Å². The van der Waals surface area contributed by atoms with Gasteiger partial charge in [0.2, 0.25) is 10.0 Å². The number of nitrogens with zero attached hydrogens (tertiary/aromatic N) is 3. The molecule has 0 saturated carbocycles. The van der Waals surface area contributed by atoms with Gasteiger partial charge in [0, 0.05) is 5.56 Å². The van der Waals surface area contributed by atoms with Crippen molar-refractivity contribution in [1.29, 1.82) is 0 Å². The van der Waals surface area contributed by atoms with Gasteiger partial charge in [0.15, 0.2) is 5.65 Å². The fraction of sp³-hybridized carbons (Fsp3) is 0.105. The van der Waals surface area contributed by atoms with Crippen LogP contribution in [0.3, 0.4) is 0 Å². The summed E-state index contributed by atoms with van der Waals surface area (Å²) < 4.78 is 41.7. The number of nitrogens with one attached hydrogen (secondary N) is 2. The van der Waals surface area contributed by atoms with Crippen LogP contribution in [0.25, 0.3) is 22.3 Å². The molecule has 32 heavy (non-hydrogen) atoms. The number of H-pyrrole nitrogens is 1. The first-order valence-electron chi connectivity index (χ1n) is 9.16. The molecule has 0 radical (unpaired) electrons. The van der Waals surface area contributed by atoms with Crippen molar-refractivity contribution in [1.82, 2.24) is 20.2 Å². The van der Waals surface area contributed by atoms with Gasteiger partial charge in [-0.1, -0.05) is 29.8 Å². The lowest BCUT2D eigenvalue weighted by Crippen LogP contribution is -2.39. The molecule has 0 amide bonds. The number of ether oxygens (including phenoxy) is 1. The van der Waals surface area contributed by atoms with Crippen molar-refractivity contribution < 1.29 is 17.5 Å². The number of fused-ring (bicyclic) bond motifs is 1. The number of hydrogen-bond acceptors (Lipinski definition) is 8. The van der Waals surface area contributed by atoms with Gasteiger partial charge in [-0.25, -0.2) is 17.9 Å². The third-order valence-electron chi connectivity index (χ3n) is 4.28. The summed E-state index contributed by atoms with van der Waals surface area (Å²) in [5.41, 5.74) is 7.21. The number of aromatic nitrogens is 4. The molecule has 0 saturated heterocycles. The van der Waals surface area contributed by atoms with E-state index in [1.165, 1.54) is 24.3 Å². The number of anilines is 1. The van der Waals surface area contributed by atoms with E-state index in [4.69, 9.17) is 27.2 Å². The van der Waals surface area contributed by atoms with Gasteiger partial charge >= 0.3 is 6.01 Å². The number of hydrogen-bond donors (Lipinski definition) is 4. The van der Waals surface area contributed by atoms with Gasteiger partial charge in [-0.05, 0) is 30.3 Å². The summed E-state index contributed by atoms with van der Waals surface area (Å²) >= 11 is 6.32. The summed E-state index contributed by atoms with van der Waals surface area (Å²) in [6, 6.07) is 12.2. The molecule has 4 aromatic rings. The average molecular weight is 478 g/mol. The van der Waals surface area contributed by atoms with Crippen LogP contribution in [0.5, 0.6) is 11.8 Å². The molecule has 2 aromatic heterocycles. The van der Waals surface area contributed by atoms with Crippen LogP contribution in [0.2, 0.25) is 5.02 Å². The van der Waals surface area contributed by atoms with E-state index in [9.17, 15) is 12.8 Å². The zero-order valence-electron chi connectivity index (χ0n) is 16.3. The van der Waals surface area contributed by atoms with Crippen LogP contribution in [0.1, 0.15) is 0 Å². The molecule has 2 heterocycles.